The minimum Gasteiger partial charge on any atom is -0.494 e. The molecule has 132 heavy (non-hydrogen) atoms. The lowest BCUT2D eigenvalue weighted by Crippen LogP contribution is -2.66. The number of aliphatic carboxylic acids is 1. The van der Waals surface area contributed by atoms with Gasteiger partial charge in [0.1, 0.15) is 72.5 Å². The van der Waals surface area contributed by atoms with Gasteiger partial charge in [-0.25, -0.2) is 17.9 Å². The molecule has 7 fully saturated rings. The van der Waals surface area contributed by atoms with Gasteiger partial charge in [0.15, 0.2) is 17.8 Å². The number of unbranched alkanes of at least 4 members (excludes halogenated alkanes) is 4. The number of ether oxygens (including phenoxy) is 6. The van der Waals surface area contributed by atoms with Crippen molar-refractivity contribution in [2.75, 3.05) is 39.9 Å². The van der Waals surface area contributed by atoms with Gasteiger partial charge in [-0.1, -0.05) is 95.4 Å². The third kappa shape index (κ3) is 28.8. The van der Waals surface area contributed by atoms with Crippen LogP contribution in [0, 0.1) is 53.3 Å². The molecule has 2 aromatic rings. The smallest absolute Gasteiger partial charge is 0.326 e. The Labute approximate surface area is 787 Å². The molecule has 13 rings (SSSR count). The number of nitrogens with one attached hydrogen (secondary N) is 9. The van der Waals surface area contributed by atoms with Gasteiger partial charge in [0.05, 0.1) is 83.6 Å². The predicted octanol–water partition coefficient (Wildman–Crippen LogP) is 3.18. The lowest BCUT2D eigenvalue weighted by molar-refractivity contribution is -0.286. The largest absolute Gasteiger partial charge is 0.494 e. The molecule has 37 nitrogen and oxygen atoms in total. The van der Waals surface area contributed by atoms with Crippen LogP contribution in [0.15, 0.2) is 41.3 Å². The SMILES string of the molecule is CC.CC.CC.CC.CCCCCOc1ccc(S(=O)(=O)NCCCCCNCC2[C@H](O)C3C4C[C@H](CC[C@H]4O)[C@H]4NC(=O)[C@@H]5NC(=O)[C@H](CC(N)=O)NC(=O)[C@H](NC(=O)[C@@H](CC(C)C)NC)[C@H](O)[C@H]6CC[C@@H](Oc7cc5cc(c7O[C@@H]5C[C@H](CO)[C@@H](O)[C@H](O)[C@H]5O[C@H]5C[C@](C)(N)[C@H](O)[C@H](C)O5)O[C@@H]5CC[C@@H](C[C@@H]5Cl)[C@@H](O)[C@H](NC4=O)C(=O)N[C@H](C(=O)O)C3C[C@@H]2O)[C@H](Cl)C6)cc1. The number of carbonyl (C=O) groups excluding carboxylic acids is 7. The zero-order valence-corrected chi connectivity index (χ0v) is 81.3. The number of alkyl halides is 2. The van der Waals surface area contributed by atoms with E-state index in [1.54, 1.807) is 26.0 Å². The Bertz CT molecular complexity index is 4110. The second kappa shape index (κ2) is 52.8. The molecule has 5 aliphatic carbocycles. The maximum absolute atomic E-state index is 16.5. The van der Waals surface area contributed by atoms with E-state index in [2.05, 4.69) is 54.2 Å². The van der Waals surface area contributed by atoms with Crippen LogP contribution in [-0.4, -0.2) is 285 Å². The highest BCUT2D eigenvalue weighted by Gasteiger charge is 2.57. The molecule has 6 heterocycles. The van der Waals surface area contributed by atoms with Gasteiger partial charge in [-0.05, 0) is 207 Å². The number of sulfonamides is 1. The molecule has 2 saturated heterocycles. The van der Waals surface area contributed by atoms with Gasteiger partial charge in [-0.3, -0.25) is 33.6 Å². The maximum atomic E-state index is 16.5. The van der Waals surface area contributed by atoms with Crippen molar-refractivity contribution in [1.29, 1.82) is 0 Å². The molecule has 7 amide bonds. The predicted molar refractivity (Wildman–Crippen MR) is 492 cm³/mol. The van der Waals surface area contributed by atoms with Gasteiger partial charge in [0.2, 0.25) is 57.1 Å². The molecule has 0 spiro atoms. The third-order valence-electron chi connectivity index (χ3n) is 26.8. The minimum absolute atomic E-state index is 0.0230. The van der Waals surface area contributed by atoms with Gasteiger partial charge < -0.3 is 133 Å². The number of likely N-dealkylation sites (N-methyl/N-ethyl adjacent to an activating group) is 1. The Morgan fingerprint density at radius 3 is 1.84 bits per heavy atom. The molecule has 11 aliphatic rings. The summed E-state index contributed by atoms with van der Waals surface area (Å²) in [6, 6.07) is -4.28. The summed E-state index contributed by atoms with van der Waals surface area (Å²) in [7, 11) is -2.34. The van der Waals surface area contributed by atoms with E-state index in [1.165, 1.54) is 31.3 Å². The Morgan fingerprint density at radius 2 is 1.27 bits per heavy atom. The number of benzene rings is 2. The third-order valence-corrected chi connectivity index (χ3v) is 29.2. The summed E-state index contributed by atoms with van der Waals surface area (Å²) in [4.78, 5) is 120. The number of halogens is 2. The van der Waals surface area contributed by atoms with Crippen molar-refractivity contribution >= 4 is 80.5 Å². The minimum atomic E-state index is -3.86. The molecule has 0 radical (unpaired) electrons. The zero-order chi connectivity index (χ0) is 98.1. The van der Waals surface area contributed by atoms with Crippen LogP contribution in [0.4, 0.5) is 0 Å². The number of hydrogen-bond acceptors (Lipinski definition) is 28. The number of carboxylic acid groups (broad SMARTS) is 1. The van der Waals surface area contributed by atoms with Gasteiger partial charge in [0.25, 0.3) is 0 Å². The van der Waals surface area contributed by atoms with E-state index >= 15 is 24.0 Å². The van der Waals surface area contributed by atoms with Gasteiger partial charge in [-0.15, -0.1) is 23.2 Å². The highest BCUT2D eigenvalue weighted by atomic mass is 35.5. The average Bonchev–Trinajstić information content (AvgIpc) is 0.752. The summed E-state index contributed by atoms with van der Waals surface area (Å²) in [5, 5.41) is 140. The first-order chi connectivity index (χ1) is 62.8. The molecule has 5 saturated carbocycles. The number of amides is 7. The fourth-order valence-corrected chi connectivity index (χ4v) is 21.7. The summed E-state index contributed by atoms with van der Waals surface area (Å²) >= 11 is 14.9. The van der Waals surface area contributed by atoms with Crippen molar-refractivity contribution < 1.29 is 126 Å². The Balaban J connectivity index is 0.00000289. The average molecular weight is 1930 g/mol. The summed E-state index contributed by atoms with van der Waals surface area (Å²) in [6.07, 6.45) is -18.6. The number of nitrogens with two attached hydrogens (primary N) is 2. The number of rotatable bonds is 28. The number of carbonyl (C=O) groups is 8. The highest BCUT2D eigenvalue weighted by Crippen LogP contribution is 2.51. The molecule has 40 heteroatoms. The lowest BCUT2D eigenvalue weighted by Gasteiger charge is -2.51. The standard InChI is InChI=1S/C84H129Cl2N11O26S.4C2H6/c1-7-8-12-25-118-45-16-18-46(19-17-45)124(116,117)91-24-11-9-10-23-90-36-49-55(100)33-48-63(72(49)105)47-27-40(13-20-54(47)99)64-79(110)97-68(82(113)95-66(48)83(114)115)70(103)42-15-22-57(51(86)29-42)121-59-31-43-30-58(74(59)122-60-32-44(37-98)71(104)73(106)75(60)123-62-35-84(5,88)76(107)39(4)119-62)120-56-21-14-41(28-50(56)85)69(102)67(96-77(108)52(89-6)26-38(2)3)81(112)92-53(34-61(87)101)78(109)93-65(43)80(111)94-64;4*1-2/h16-19,30-31,38-42,44,47-57,60,62-73,75-76,89-91,98-100,102-107H,7-15,20-29,32-37,88H2,1-6H3,(H2,87,101)(H,92,112)(H,93,109)(H,94,111)(H,95,113)(H,96,108)(H,97,110)(H,114,115);4*1-2H3/t39-,40-,41-,42-,44+,47?,48?,49?,50+,51-,52+,53-,54+,55-,56+,57+,60+,62-,63?,64+,65+,66-,67+,68-,69+,70+,71+,72-,73-,75-,76+,84-;;;;/m0..../s1. The second-order valence-electron chi connectivity index (χ2n) is 36.3. The van der Waals surface area contributed by atoms with Crippen LogP contribution in [0.3, 0.4) is 0 Å². The van der Waals surface area contributed by atoms with Crippen LogP contribution in [-0.2, 0) is 57.9 Å². The van der Waals surface area contributed by atoms with E-state index in [1.807, 2.05) is 69.2 Å². The van der Waals surface area contributed by atoms with Crippen molar-refractivity contribution in [3.8, 4) is 23.0 Å². The number of primary amides is 1. The van der Waals surface area contributed by atoms with E-state index in [4.69, 9.17) is 63.1 Å². The van der Waals surface area contributed by atoms with Crippen molar-refractivity contribution in [3.63, 3.8) is 0 Å². The molecule has 0 aromatic heterocycles. The Kier molecular flexibility index (Phi) is 44.9. The Hall–Kier alpha value is -6.67. The van der Waals surface area contributed by atoms with E-state index in [9.17, 15) is 73.9 Å². The fraction of sp³-hybridized carbons (Fsp3) is 0.783. The molecule has 32 atom stereocenters. The van der Waals surface area contributed by atoms with E-state index in [-0.39, 0.29) is 130 Å². The van der Waals surface area contributed by atoms with Crippen LogP contribution in [0.5, 0.6) is 23.0 Å². The number of carboxylic acids is 1. The lowest BCUT2D eigenvalue weighted by atomic mass is 9.58. The van der Waals surface area contributed by atoms with Gasteiger partial charge in [-0.2, -0.15) is 0 Å². The van der Waals surface area contributed by atoms with Crippen LogP contribution in [0.1, 0.15) is 230 Å². The molecule has 2 aromatic carbocycles. The van der Waals surface area contributed by atoms with Crippen molar-refractivity contribution in [1.82, 2.24) is 47.3 Å². The maximum Gasteiger partial charge on any atom is 0.326 e. The van der Waals surface area contributed by atoms with Crippen molar-refractivity contribution in [3.05, 3.63) is 42.0 Å². The highest BCUT2D eigenvalue weighted by molar-refractivity contribution is 7.89. The van der Waals surface area contributed by atoms with E-state index in [0.717, 1.165) is 19.3 Å². The Morgan fingerprint density at radius 1 is 0.667 bits per heavy atom. The molecular weight excluding hydrogens is 1780 g/mol. The van der Waals surface area contributed by atoms with Crippen LogP contribution in [0.2, 0.25) is 0 Å². The number of hydrogen-bond donors (Lipinski definition) is 21. The summed E-state index contributed by atoms with van der Waals surface area (Å²) in [6.45, 7) is 25.1. The summed E-state index contributed by atoms with van der Waals surface area (Å²) in [5.74, 6) is -19.3. The van der Waals surface area contributed by atoms with Crippen molar-refractivity contribution in [2.45, 2.75) is 368 Å². The fourth-order valence-electron chi connectivity index (χ4n) is 19.8. The normalized spacial score (nSPS) is 35.6. The van der Waals surface area contributed by atoms with Crippen LogP contribution >= 0.6 is 23.2 Å². The number of aliphatic hydroxyl groups is 9. The first kappa shape index (κ1) is 112. The number of fused-ring (bicyclic) bond motifs is 15. The van der Waals surface area contributed by atoms with Crippen molar-refractivity contribution in [2.24, 2.45) is 64.7 Å². The molecule has 6 aliphatic heterocycles. The molecule has 11 bridgehead atoms. The second-order valence-corrected chi connectivity index (χ2v) is 39.2. The van der Waals surface area contributed by atoms with Crippen LogP contribution < -0.4 is 77.7 Å². The molecular formula is C92H153Cl2N11O26S. The van der Waals surface area contributed by atoms with Gasteiger partial charge in [0, 0.05) is 43.5 Å². The van der Waals surface area contributed by atoms with E-state index in [0.29, 0.717) is 38.2 Å². The first-order valence-corrected chi connectivity index (χ1v) is 50.2. The van der Waals surface area contributed by atoms with Gasteiger partial charge >= 0.3 is 5.97 Å². The number of aliphatic hydroxyl groups excluding tert-OH is 9. The first-order valence-electron chi connectivity index (χ1n) is 47.9. The van der Waals surface area contributed by atoms with Crippen LogP contribution in [0.25, 0.3) is 0 Å². The quantitative estimate of drug-likeness (QED) is 0.0430. The van der Waals surface area contributed by atoms with E-state index < -0.39 is 262 Å². The summed E-state index contributed by atoms with van der Waals surface area (Å²) in [5.41, 5.74) is 10.9. The topological polar surface area (TPSA) is 589 Å². The molecule has 4 unspecified atom stereocenters. The summed E-state index contributed by atoms with van der Waals surface area (Å²) < 4.78 is 68.7. The molecule has 23 N–H and O–H groups in total. The monoisotopic (exact) mass is 1930 g/mol. The zero-order valence-electron chi connectivity index (χ0n) is 78.9. The molecule has 752 valence electrons.